The molecule has 0 bridgehead atoms. The van der Waals surface area contributed by atoms with E-state index in [1.54, 1.807) is 12.1 Å². The van der Waals surface area contributed by atoms with Crippen molar-refractivity contribution in [1.29, 1.82) is 0 Å². The fraction of sp³-hybridized carbons (Fsp3) is 0.357. The van der Waals surface area contributed by atoms with Crippen LogP contribution in [0.15, 0.2) is 48.6 Å². The predicted molar refractivity (Wildman–Crippen MR) is 132 cm³/mol. The van der Waals surface area contributed by atoms with Crippen LogP contribution in [0.1, 0.15) is 97.4 Å². The zero-order valence-electron chi connectivity index (χ0n) is 19.9. The first-order chi connectivity index (χ1) is 14.9. The number of allylic oxidation sites excluding steroid dienone is 2. The van der Waals surface area contributed by atoms with Crippen LogP contribution in [0.25, 0.3) is 12.2 Å². The molecule has 170 valence electrons. The standard InChI is InChI=1S/C28H34O4/c1-7-27(3,4)23-17-19(13-15-21(23)25(29)30)11-9-10-12-20-14-16-22(26(31)32)24(18-20)28(5,6)8-2/h9-18H,7-8H2,1-6H3,(H,29,30)(H,31,32)/b11-9+,12-10+. The molecule has 0 spiro atoms. The molecule has 2 N–H and O–H groups in total. The van der Waals surface area contributed by atoms with Crippen molar-refractivity contribution in [2.75, 3.05) is 0 Å². The quantitative estimate of drug-likeness (QED) is 0.410. The molecule has 0 atom stereocenters. The fourth-order valence-corrected chi connectivity index (χ4v) is 3.54. The Morgan fingerprint density at radius 2 is 1.06 bits per heavy atom. The lowest BCUT2D eigenvalue weighted by atomic mass is 9.79. The molecule has 2 aromatic carbocycles. The summed E-state index contributed by atoms with van der Waals surface area (Å²) in [4.78, 5) is 23.3. The molecule has 2 rings (SSSR count). The molecule has 0 saturated carbocycles. The lowest BCUT2D eigenvalue weighted by Gasteiger charge is -2.25. The Balaban J connectivity index is 2.33. The Labute approximate surface area is 191 Å². The molecular weight excluding hydrogens is 400 g/mol. The van der Waals surface area contributed by atoms with E-state index in [2.05, 4.69) is 41.5 Å². The molecule has 2 aromatic rings. The zero-order chi connectivity index (χ0) is 24.1. The van der Waals surface area contributed by atoms with E-state index >= 15 is 0 Å². The van der Waals surface area contributed by atoms with Crippen molar-refractivity contribution in [2.24, 2.45) is 0 Å². The average Bonchev–Trinajstić information content (AvgIpc) is 2.76. The van der Waals surface area contributed by atoms with Gasteiger partial charge < -0.3 is 10.2 Å². The smallest absolute Gasteiger partial charge is 0.335 e. The number of carboxylic acids is 2. The maximum absolute atomic E-state index is 11.6. The van der Waals surface area contributed by atoms with Gasteiger partial charge in [-0.1, -0.05) is 90.1 Å². The third-order valence-corrected chi connectivity index (χ3v) is 6.46. The van der Waals surface area contributed by atoms with Gasteiger partial charge in [-0.15, -0.1) is 0 Å². The Kier molecular flexibility index (Phi) is 7.84. The monoisotopic (exact) mass is 434 g/mol. The van der Waals surface area contributed by atoms with Gasteiger partial charge in [-0.3, -0.25) is 0 Å². The van der Waals surface area contributed by atoms with Crippen LogP contribution in [0.3, 0.4) is 0 Å². The Hall–Kier alpha value is -3.14. The van der Waals surface area contributed by atoms with Crippen LogP contribution >= 0.6 is 0 Å². The van der Waals surface area contributed by atoms with Crippen LogP contribution in [-0.2, 0) is 10.8 Å². The minimum Gasteiger partial charge on any atom is -0.478 e. The minimum atomic E-state index is -0.910. The Morgan fingerprint density at radius 1 is 0.719 bits per heavy atom. The van der Waals surface area contributed by atoms with Crippen molar-refractivity contribution in [3.05, 3.63) is 81.9 Å². The molecule has 4 nitrogen and oxygen atoms in total. The lowest BCUT2D eigenvalue weighted by molar-refractivity contribution is 0.0683. The van der Waals surface area contributed by atoms with Crippen molar-refractivity contribution in [3.8, 4) is 0 Å². The van der Waals surface area contributed by atoms with Crippen molar-refractivity contribution in [3.63, 3.8) is 0 Å². The van der Waals surface area contributed by atoms with Crippen LogP contribution < -0.4 is 0 Å². The van der Waals surface area contributed by atoms with E-state index in [1.165, 1.54) is 0 Å². The van der Waals surface area contributed by atoms with Crippen LogP contribution in [0.2, 0.25) is 0 Å². The van der Waals surface area contributed by atoms with Crippen molar-refractivity contribution >= 4 is 24.1 Å². The van der Waals surface area contributed by atoms with E-state index in [1.807, 2.05) is 48.6 Å². The summed E-state index contributed by atoms with van der Waals surface area (Å²) in [7, 11) is 0. The van der Waals surface area contributed by atoms with Crippen LogP contribution in [0, 0.1) is 0 Å². The molecule has 32 heavy (non-hydrogen) atoms. The van der Waals surface area contributed by atoms with Crippen molar-refractivity contribution in [1.82, 2.24) is 0 Å². The van der Waals surface area contributed by atoms with Gasteiger partial charge in [0.2, 0.25) is 0 Å². The van der Waals surface area contributed by atoms with Crippen LogP contribution in [0.4, 0.5) is 0 Å². The normalized spacial score (nSPS) is 12.6. The van der Waals surface area contributed by atoms with Crippen molar-refractivity contribution in [2.45, 2.75) is 65.2 Å². The molecule has 4 heteroatoms. The summed E-state index contributed by atoms with van der Waals surface area (Å²) in [5.74, 6) is -1.82. The maximum atomic E-state index is 11.6. The van der Waals surface area contributed by atoms with Gasteiger partial charge in [0.25, 0.3) is 0 Å². The second kappa shape index (κ2) is 9.99. The lowest BCUT2D eigenvalue weighted by Crippen LogP contribution is -2.20. The van der Waals surface area contributed by atoms with Gasteiger partial charge in [0.05, 0.1) is 11.1 Å². The molecule has 0 saturated heterocycles. The first-order valence-corrected chi connectivity index (χ1v) is 11.0. The molecule has 0 aliphatic carbocycles. The van der Waals surface area contributed by atoms with Gasteiger partial charge in [0.1, 0.15) is 0 Å². The van der Waals surface area contributed by atoms with Gasteiger partial charge >= 0.3 is 11.9 Å². The summed E-state index contributed by atoms with van der Waals surface area (Å²) < 4.78 is 0. The zero-order valence-corrected chi connectivity index (χ0v) is 19.9. The third-order valence-electron chi connectivity index (χ3n) is 6.46. The third kappa shape index (κ3) is 5.76. The van der Waals surface area contributed by atoms with Crippen molar-refractivity contribution < 1.29 is 19.8 Å². The van der Waals surface area contributed by atoms with Crippen LogP contribution in [0.5, 0.6) is 0 Å². The van der Waals surface area contributed by atoms with Gasteiger partial charge in [0, 0.05) is 0 Å². The fourth-order valence-electron chi connectivity index (χ4n) is 3.54. The number of carbonyl (C=O) groups is 2. The molecule has 0 aliphatic rings. The van der Waals surface area contributed by atoms with E-state index in [0.717, 1.165) is 35.1 Å². The summed E-state index contributed by atoms with van der Waals surface area (Å²) >= 11 is 0. The molecule has 0 radical (unpaired) electrons. The van der Waals surface area contributed by atoms with E-state index in [0.29, 0.717) is 11.1 Å². The summed E-state index contributed by atoms with van der Waals surface area (Å²) in [6, 6.07) is 10.9. The molecule has 0 fully saturated rings. The largest absolute Gasteiger partial charge is 0.478 e. The maximum Gasteiger partial charge on any atom is 0.335 e. The van der Waals surface area contributed by atoms with Gasteiger partial charge in [-0.2, -0.15) is 0 Å². The van der Waals surface area contributed by atoms with Gasteiger partial charge in [-0.25, -0.2) is 9.59 Å². The highest BCUT2D eigenvalue weighted by Crippen LogP contribution is 2.32. The second-order valence-electron chi connectivity index (χ2n) is 9.41. The number of benzene rings is 2. The molecule has 0 aliphatic heterocycles. The highest BCUT2D eigenvalue weighted by atomic mass is 16.4. The second-order valence-corrected chi connectivity index (χ2v) is 9.41. The number of carboxylic acid groups (broad SMARTS) is 2. The van der Waals surface area contributed by atoms with E-state index in [4.69, 9.17) is 0 Å². The number of hydrogen-bond donors (Lipinski definition) is 2. The van der Waals surface area contributed by atoms with E-state index < -0.39 is 11.9 Å². The average molecular weight is 435 g/mol. The molecular formula is C28H34O4. The summed E-state index contributed by atoms with van der Waals surface area (Å²) in [6.45, 7) is 12.3. The highest BCUT2D eigenvalue weighted by molar-refractivity contribution is 5.91. The summed E-state index contributed by atoms with van der Waals surface area (Å²) in [6.07, 6.45) is 9.38. The number of rotatable bonds is 9. The topological polar surface area (TPSA) is 74.6 Å². The summed E-state index contributed by atoms with van der Waals surface area (Å²) in [5, 5.41) is 19.1. The minimum absolute atomic E-state index is 0.234. The number of hydrogen-bond acceptors (Lipinski definition) is 2. The van der Waals surface area contributed by atoms with Gasteiger partial charge in [-0.05, 0) is 58.1 Å². The van der Waals surface area contributed by atoms with E-state index in [9.17, 15) is 19.8 Å². The highest BCUT2D eigenvalue weighted by Gasteiger charge is 2.25. The SMILES string of the molecule is CCC(C)(C)c1cc(/C=C/C=C/c2ccc(C(=O)O)c(C(C)(C)CC)c2)ccc1C(=O)O. The molecule has 0 unspecified atom stereocenters. The predicted octanol–water partition coefficient (Wildman–Crippen LogP) is 7.18. The Bertz CT molecular complexity index is 970. The molecule has 0 amide bonds. The summed E-state index contributed by atoms with van der Waals surface area (Å²) in [5.41, 5.74) is 3.74. The first kappa shape index (κ1) is 25.1. The first-order valence-electron chi connectivity index (χ1n) is 11.0. The molecule has 0 heterocycles. The number of aromatic carboxylic acids is 2. The molecule has 0 aromatic heterocycles. The Morgan fingerprint density at radius 3 is 1.34 bits per heavy atom. The van der Waals surface area contributed by atoms with Crippen LogP contribution in [-0.4, -0.2) is 22.2 Å². The van der Waals surface area contributed by atoms with E-state index in [-0.39, 0.29) is 10.8 Å². The van der Waals surface area contributed by atoms with Gasteiger partial charge in [0.15, 0.2) is 0 Å².